The van der Waals surface area contributed by atoms with Crippen LogP contribution in [0.4, 0.5) is 4.79 Å². The van der Waals surface area contributed by atoms with Crippen LogP contribution in [0.1, 0.15) is 58.9 Å². The van der Waals surface area contributed by atoms with Crippen LogP contribution in [0.5, 0.6) is 0 Å². The number of carbonyl (C=O) groups excluding carboxylic acids is 3. The summed E-state index contributed by atoms with van der Waals surface area (Å²) in [6, 6.07) is 7.02. The maximum absolute atomic E-state index is 13.5. The van der Waals surface area contributed by atoms with Gasteiger partial charge in [0, 0.05) is 19.6 Å². The predicted molar refractivity (Wildman–Crippen MR) is 131 cm³/mol. The predicted octanol–water partition coefficient (Wildman–Crippen LogP) is 1.90. The number of aliphatic carboxylic acids is 1. The first kappa shape index (κ1) is 27.4. The van der Waals surface area contributed by atoms with E-state index < -0.39 is 47.2 Å². The van der Waals surface area contributed by atoms with Gasteiger partial charge in [0.1, 0.15) is 11.6 Å². The van der Waals surface area contributed by atoms with Crippen LogP contribution in [0, 0.1) is 0 Å². The maximum atomic E-state index is 13.5. The molecule has 0 radical (unpaired) electrons. The Morgan fingerprint density at radius 2 is 1.69 bits per heavy atom. The molecular formula is C26H37N3O7. The molecule has 1 aromatic carbocycles. The third-order valence-corrected chi connectivity index (χ3v) is 6.89. The molecule has 0 saturated carbocycles. The molecule has 0 spiro atoms. The number of carbonyl (C=O) groups is 4. The molecule has 36 heavy (non-hydrogen) atoms. The summed E-state index contributed by atoms with van der Waals surface area (Å²) in [6.07, 6.45) is 0.0247. The van der Waals surface area contributed by atoms with Crippen molar-refractivity contribution in [1.82, 2.24) is 15.1 Å². The first-order chi connectivity index (χ1) is 16.9. The number of rotatable bonds is 6. The van der Waals surface area contributed by atoms with Gasteiger partial charge in [-0.3, -0.25) is 14.5 Å². The molecule has 0 unspecified atom stereocenters. The molecule has 2 fully saturated rings. The molecule has 2 heterocycles. The number of aliphatic hydroxyl groups is 1. The molecular weight excluding hydrogens is 466 g/mol. The number of amides is 3. The van der Waals surface area contributed by atoms with Gasteiger partial charge in [-0.05, 0) is 58.9 Å². The van der Waals surface area contributed by atoms with E-state index in [-0.39, 0.29) is 31.8 Å². The highest BCUT2D eigenvalue weighted by molar-refractivity contribution is 5.92. The summed E-state index contributed by atoms with van der Waals surface area (Å²) in [4.78, 5) is 54.3. The molecule has 3 rings (SSSR count). The molecule has 198 valence electrons. The largest absolute Gasteiger partial charge is 0.480 e. The Labute approximate surface area is 211 Å². The first-order valence-electron chi connectivity index (χ1n) is 12.4. The van der Waals surface area contributed by atoms with Gasteiger partial charge in [0.15, 0.2) is 6.04 Å². The molecule has 3 amide bonds. The van der Waals surface area contributed by atoms with Crippen LogP contribution in [0.3, 0.4) is 0 Å². The van der Waals surface area contributed by atoms with Crippen LogP contribution in [-0.4, -0.2) is 87.3 Å². The summed E-state index contributed by atoms with van der Waals surface area (Å²) in [5.41, 5.74) is -0.997. The van der Waals surface area contributed by atoms with Gasteiger partial charge in [-0.25, -0.2) is 9.59 Å². The number of benzene rings is 1. The van der Waals surface area contributed by atoms with Crippen LogP contribution in [-0.2, 0) is 24.5 Å². The van der Waals surface area contributed by atoms with Crippen molar-refractivity contribution in [2.75, 3.05) is 19.6 Å². The number of ether oxygens (including phenoxy) is 1. The second-order valence-corrected chi connectivity index (χ2v) is 10.6. The number of carboxylic acids is 1. The van der Waals surface area contributed by atoms with Crippen molar-refractivity contribution in [2.24, 2.45) is 0 Å². The SMILES string of the molecule is C[C@H](O)[C@@H](NC(=O)C1(c2ccccc2)CCN(C(=O)[C@@H]2CCCN2C(=O)OC(C)(C)C)CC1)C(=O)O. The van der Waals surface area contributed by atoms with Crippen molar-refractivity contribution in [1.29, 1.82) is 0 Å². The lowest BCUT2D eigenvalue weighted by molar-refractivity contribution is -0.146. The van der Waals surface area contributed by atoms with Crippen molar-refractivity contribution >= 4 is 23.9 Å². The minimum Gasteiger partial charge on any atom is -0.480 e. The van der Waals surface area contributed by atoms with E-state index >= 15 is 0 Å². The number of nitrogens with one attached hydrogen (secondary N) is 1. The third-order valence-electron chi connectivity index (χ3n) is 6.89. The van der Waals surface area contributed by atoms with Gasteiger partial charge < -0.3 is 25.2 Å². The minimum absolute atomic E-state index is 0.173. The Kier molecular flexibility index (Phi) is 8.28. The van der Waals surface area contributed by atoms with Gasteiger partial charge in [0.2, 0.25) is 11.8 Å². The maximum Gasteiger partial charge on any atom is 0.410 e. The quantitative estimate of drug-likeness (QED) is 0.539. The second-order valence-electron chi connectivity index (χ2n) is 10.6. The molecule has 3 N–H and O–H groups in total. The van der Waals surface area contributed by atoms with E-state index in [1.165, 1.54) is 11.8 Å². The van der Waals surface area contributed by atoms with Gasteiger partial charge in [0.05, 0.1) is 11.5 Å². The Morgan fingerprint density at radius 3 is 2.22 bits per heavy atom. The highest BCUT2D eigenvalue weighted by atomic mass is 16.6. The first-order valence-corrected chi connectivity index (χ1v) is 12.4. The second kappa shape index (κ2) is 10.9. The Hall–Kier alpha value is -3.14. The molecule has 0 aromatic heterocycles. The third kappa shape index (κ3) is 5.98. The minimum atomic E-state index is -1.45. The smallest absolute Gasteiger partial charge is 0.410 e. The number of piperidine rings is 1. The lowest BCUT2D eigenvalue weighted by atomic mass is 9.71. The number of nitrogens with zero attached hydrogens (tertiary/aromatic N) is 2. The van der Waals surface area contributed by atoms with E-state index in [0.29, 0.717) is 19.4 Å². The van der Waals surface area contributed by atoms with Crippen molar-refractivity contribution in [3.63, 3.8) is 0 Å². The topological polar surface area (TPSA) is 136 Å². The summed E-state index contributed by atoms with van der Waals surface area (Å²) in [5.74, 6) is -1.99. The van der Waals surface area contributed by atoms with Crippen LogP contribution in [0.15, 0.2) is 30.3 Å². The zero-order valence-electron chi connectivity index (χ0n) is 21.4. The van der Waals surface area contributed by atoms with Gasteiger partial charge in [0.25, 0.3) is 0 Å². The number of hydrogen-bond donors (Lipinski definition) is 3. The molecule has 3 atom stereocenters. The summed E-state index contributed by atoms with van der Waals surface area (Å²) in [5, 5.41) is 21.8. The summed E-state index contributed by atoms with van der Waals surface area (Å²) in [6.45, 7) is 7.65. The number of aliphatic hydroxyl groups excluding tert-OH is 1. The van der Waals surface area contributed by atoms with Crippen molar-refractivity contribution < 1.29 is 34.1 Å². The molecule has 0 bridgehead atoms. The number of hydrogen-bond acceptors (Lipinski definition) is 6. The monoisotopic (exact) mass is 503 g/mol. The molecule has 10 heteroatoms. The van der Waals surface area contributed by atoms with E-state index in [1.807, 2.05) is 30.3 Å². The number of likely N-dealkylation sites (tertiary alicyclic amines) is 2. The summed E-state index contributed by atoms with van der Waals surface area (Å²) in [7, 11) is 0. The zero-order valence-corrected chi connectivity index (χ0v) is 21.4. The van der Waals surface area contributed by atoms with E-state index in [4.69, 9.17) is 4.74 Å². The number of carboxylic acid groups (broad SMARTS) is 1. The fourth-order valence-corrected chi connectivity index (χ4v) is 4.95. The van der Waals surface area contributed by atoms with Crippen molar-refractivity contribution in [3.05, 3.63) is 35.9 Å². The molecule has 2 saturated heterocycles. The van der Waals surface area contributed by atoms with Crippen molar-refractivity contribution in [2.45, 2.75) is 82.6 Å². The molecule has 2 aliphatic rings. The normalized spacial score (nSPS) is 21.4. The lowest BCUT2D eigenvalue weighted by Crippen LogP contribution is -2.59. The van der Waals surface area contributed by atoms with Crippen LogP contribution in [0.25, 0.3) is 0 Å². The van der Waals surface area contributed by atoms with Crippen LogP contribution in [0.2, 0.25) is 0 Å². The average Bonchev–Trinajstić information content (AvgIpc) is 3.31. The van der Waals surface area contributed by atoms with Crippen LogP contribution >= 0.6 is 0 Å². The Bertz CT molecular complexity index is 965. The van der Waals surface area contributed by atoms with Gasteiger partial charge >= 0.3 is 12.1 Å². The fraction of sp³-hybridized carbons (Fsp3) is 0.615. The van der Waals surface area contributed by atoms with E-state index in [1.54, 1.807) is 25.7 Å². The highest BCUT2D eigenvalue weighted by Crippen LogP contribution is 2.37. The van der Waals surface area contributed by atoms with Crippen LogP contribution < -0.4 is 5.32 Å². The van der Waals surface area contributed by atoms with Gasteiger partial charge in [-0.1, -0.05) is 30.3 Å². The molecule has 0 aliphatic carbocycles. The summed E-state index contributed by atoms with van der Waals surface area (Å²) >= 11 is 0. The van der Waals surface area contributed by atoms with E-state index in [0.717, 1.165) is 5.56 Å². The van der Waals surface area contributed by atoms with E-state index in [9.17, 15) is 29.4 Å². The van der Waals surface area contributed by atoms with Gasteiger partial charge in [-0.15, -0.1) is 0 Å². The Balaban J connectivity index is 1.77. The molecule has 1 aromatic rings. The zero-order chi connectivity index (χ0) is 26.7. The van der Waals surface area contributed by atoms with Gasteiger partial charge in [-0.2, -0.15) is 0 Å². The Morgan fingerprint density at radius 1 is 1.08 bits per heavy atom. The summed E-state index contributed by atoms with van der Waals surface area (Å²) < 4.78 is 5.48. The lowest BCUT2D eigenvalue weighted by Gasteiger charge is -2.42. The molecule has 10 nitrogen and oxygen atoms in total. The van der Waals surface area contributed by atoms with E-state index in [2.05, 4.69) is 5.32 Å². The molecule has 2 aliphatic heterocycles. The average molecular weight is 504 g/mol. The van der Waals surface area contributed by atoms with Crippen molar-refractivity contribution in [3.8, 4) is 0 Å². The fourth-order valence-electron chi connectivity index (χ4n) is 4.95. The standard InChI is InChI=1S/C26H37N3O7/c1-17(30)20(22(32)33)27-23(34)26(18-9-6-5-7-10-18)12-15-28(16-13-26)21(31)19-11-8-14-29(19)24(35)36-25(2,3)4/h5-7,9-10,17,19-20,30H,8,11-16H2,1-4H3,(H,27,34)(H,32,33)/t17-,19-,20+/m0/s1. The highest BCUT2D eigenvalue weighted by Gasteiger charge is 2.47.